The molecular formula is C22H25FN4O3. The number of carbonyl (C=O) groups is 2. The molecule has 8 heteroatoms. The van der Waals surface area contributed by atoms with E-state index >= 15 is 0 Å². The number of ether oxygens (including phenoxy) is 1. The van der Waals surface area contributed by atoms with Crippen molar-refractivity contribution in [2.24, 2.45) is 0 Å². The molecule has 2 aliphatic rings. The van der Waals surface area contributed by atoms with Crippen LogP contribution in [0.5, 0.6) is 5.75 Å². The third-order valence-corrected chi connectivity index (χ3v) is 5.83. The van der Waals surface area contributed by atoms with Crippen molar-refractivity contribution >= 4 is 17.6 Å². The number of hydrogen-bond donors (Lipinski definition) is 1. The lowest BCUT2D eigenvalue weighted by atomic mass is 9.92. The van der Waals surface area contributed by atoms with Crippen LogP contribution in [-0.4, -0.2) is 61.7 Å². The molecule has 2 fully saturated rings. The van der Waals surface area contributed by atoms with E-state index in [4.69, 9.17) is 4.74 Å². The zero-order valence-electron chi connectivity index (χ0n) is 17.1. The van der Waals surface area contributed by atoms with Crippen molar-refractivity contribution in [3.8, 4) is 5.75 Å². The van der Waals surface area contributed by atoms with Crippen LogP contribution in [-0.2, 0) is 10.3 Å². The number of halogens is 1. The second-order valence-electron chi connectivity index (χ2n) is 7.74. The summed E-state index contributed by atoms with van der Waals surface area (Å²) in [5, 5.41) is 2.84. The number of imide groups is 1. The molecule has 7 nitrogen and oxygen atoms in total. The molecule has 2 aliphatic heterocycles. The number of benzene rings is 2. The fraction of sp³-hybridized carbons (Fsp3) is 0.364. The monoisotopic (exact) mass is 412 g/mol. The number of hydrogen-bond acceptors (Lipinski definition) is 5. The van der Waals surface area contributed by atoms with Crippen LogP contribution in [0.4, 0.5) is 14.9 Å². The quantitative estimate of drug-likeness (QED) is 0.764. The third kappa shape index (κ3) is 3.70. The second kappa shape index (κ2) is 7.95. The molecule has 0 aliphatic carbocycles. The first-order valence-corrected chi connectivity index (χ1v) is 9.92. The SMILES string of the molecule is COc1cccc([C@]2(C)NC(=O)N(CN3CCN(c4ccc(F)cc4)CC3)C2=O)c1. The lowest BCUT2D eigenvalue weighted by molar-refractivity contribution is -0.132. The lowest BCUT2D eigenvalue weighted by Gasteiger charge is -2.37. The highest BCUT2D eigenvalue weighted by molar-refractivity contribution is 6.07. The zero-order chi connectivity index (χ0) is 21.3. The summed E-state index contributed by atoms with van der Waals surface area (Å²) in [6, 6.07) is 13.2. The minimum absolute atomic E-state index is 0.238. The Bertz CT molecular complexity index is 944. The van der Waals surface area contributed by atoms with Crippen molar-refractivity contribution in [2.45, 2.75) is 12.5 Å². The molecule has 30 heavy (non-hydrogen) atoms. The van der Waals surface area contributed by atoms with Gasteiger partial charge in [-0.2, -0.15) is 0 Å². The average molecular weight is 412 g/mol. The Morgan fingerprint density at radius 2 is 1.77 bits per heavy atom. The molecule has 0 bridgehead atoms. The van der Waals surface area contributed by atoms with Gasteiger partial charge in [0.25, 0.3) is 5.91 Å². The standard InChI is InChI=1S/C22H25FN4O3/c1-22(16-4-3-5-19(14-16)30-2)20(28)27(21(29)24-22)15-25-10-12-26(13-11-25)18-8-6-17(23)7-9-18/h3-9,14H,10-13,15H2,1-2H3,(H,24,29)/t22-/m0/s1. The molecule has 1 N–H and O–H groups in total. The second-order valence-corrected chi connectivity index (χ2v) is 7.74. The summed E-state index contributed by atoms with van der Waals surface area (Å²) in [6.45, 7) is 4.83. The van der Waals surface area contributed by atoms with Gasteiger partial charge in [0, 0.05) is 31.9 Å². The smallest absolute Gasteiger partial charge is 0.326 e. The molecule has 0 spiro atoms. The highest BCUT2D eigenvalue weighted by atomic mass is 19.1. The first-order valence-electron chi connectivity index (χ1n) is 9.92. The van der Waals surface area contributed by atoms with Gasteiger partial charge in [-0.25, -0.2) is 14.1 Å². The van der Waals surface area contributed by atoms with Gasteiger partial charge < -0.3 is 15.0 Å². The van der Waals surface area contributed by atoms with Crippen LogP contribution in [0, 0.1) is 5.82 Å². The summed E-state index contributed by atoms with van der Waals surface area (Å²) in [4.78, 5) is 31.3. The van der Waals surface area contributed by atoms with E-state index in [-0.39, 0.29) is 18.4 Å². The minimum atomic E-state index is -1.12. The van der Waals surface area contributed by atoms with Gasteiger partial charge in [-0.15, -0.1) is 0 Å². The predicted molar refractivity (Wildman–Crippen MR) is 111 cm³/mol. The van der Waals surface area contributed by atoms with Gasteiger partial charge in [0.05, 0.1) is 13.8 Å². The van der Waals surface area contributed by atoms with E-state index in [0.29, 0.717) is 24.4 Å². The van der Waals surface area contributed by atoms with Gasteiger partial charge in [0.1, 0.15) is 17.1 Å². The number of urea groups is 1. The number of anilines is 1. The minimum Gasteiger partial charge on any atom is -0.497 e. The van der Waals surface area contributed by atoms with Crippen molar-refractivity contribution in [1.29, 1.82) is 0 Å². The molecular weight excluding hydrogens is 387 g/mol. The maximum atomic E-state index is 13.2. The van der Waals surface area contributed by atoms with Crippen LogP contribution in [0.25, 0.3) is 0 Å². The topological polar surface area (TPSA) is 65.1 Å². The van der Waals surface area contributed by atoms with Gasteiger partial charge in [0.15, 0.2) is 0 Å². The molecule has 0 radical (unpaired) electrons. The number of rotatable bonds is 5. The number of methoxy groups -OCH3 is 1. The summed E-state index contributed by atoms with van der Waals surface area (Å²) < 4.78 is 18.4. The Morgan fingerprint density at radius 3 is 2.43 bits per heavy atom. The Labute approximate surface area is 175 Å². The highest BCUT2D eigenvalue weighted by Crippen LogP contribution is 2.31. The van der Waals surface area contributed by atoms with E-state index in [1.54, 1.807) is 44.4 Å². The largest absolute Gasteiger partial charge is 0.497 e. The zero-order valence-corrected chi connectivity index (χ0v) is 17.1. The van der Waals surface area contributed by atoms with Crippen LogP contribution < -0.4 is 15.0 Å². The Hall–Kier alpha value is -3.13. The van der Waals surface area contributed by atoms with Crippen molar-refractivity contribution in [3.63, 3.8) is 0 Å². The van der Waals surface area contributed by atoms with Crippen LogP contribution >= 0.6 is 0 Å². The van der Waals surface area contributed by atoms with Gasteiger partial charge in [-0.1, -0.05) is 12.1 Å². The molecule has 2 saturated heterocycles. The van der Waals surface area contributed by atoms with E-state index in [2.05, 4.69) is 15.1 Å². The Kier molecular flexibility index (Phi) is 5.34. The van der Waals surface area contributed by atoms with E-state index in [0.717, 1.165) is 18.8 Å². The number of nitrogens with one attached hydrogen (secondary N) is 1. The Balaban J connectivity index is 1.41. The van der Waals surface area contributed by atoms with Crippen LogP contribution in [0.2, 0.25) is 0 Å². The predicted octanol–water partition coefficient (Wildman–Crippen LogP) is 2.38. The summed E-state index contributed by atoms with van der Waals surface area (Å²) in [7, 11) is 1.56. The Morgan fingerprint density at radius 1 is 1.07 bits per heavy atom. The molecule has 2 heterocycles. The van der Waals surface area contributed by atoms with E-state index in [1.165, 1.54) is 17.0 Å². The van der Waals surface area contributed by atoms with Crippen molar-refractivity contribution in [1.82, 2.24) is 15.1 Å². The summed E-state index contributed by atoms with van der Waals surface area (Å²) >= 11 is 0. The van der Waals surface area contributed by atoms with Gasteiger partial charge in [-0.3, -0.25) is 9.69 Å². The van der Waals surface area contributed by atoms with Crippen LogP contribution in [0.3, 0.4) is 0 Å². The van der Waals surface area contributed by atoms with Crippen LogP contribution in [0.15, 0.2) is 48.5 Å². The number of piperazine rings is 1. The molecule has 4 rings (SSSR count). The fourth-order valence-electron chi connectivity index (χ4n) is 3.95. The molecule has 3 amide bonds. The van der Waals surface area contributed by atoms with Crippen molar-refractivity contribution < 1.29 is 18.7 Å². The maximum Gasteiger partial charge on any atom is 0.326 e. The number of amides is 3. The molecule has 0 unspecified atom stereocenters. The molecule has 1 atom stereocenters. The normalized spacial score (nSPS) is 22.4. The fourth-order valence-corrected chi connectivity index (χ4v) is 3.95. The molecule has 158 valence electrons. The first kappa shape index (κ1) is 20.2. The summed E-state index contributed by atoms with van der Waals surface area (Å²) in [5.41, 5.74) is 0.530. The number of carbonyl (C=O) groups excluding carboxylic acids is 2. The van der Waals surface area contributed by atoms with Gasteiger partial charge in [-0.05, 0) is 48.9 Å². The van der Waals surface area contributed by atoms with Gasteiger partial charge >= 0.3 is 6.03 Å². The summed E-state index contributed by atoms with van der Waals surface area (Å²) in [5.74, 6) is 0.0999. The van der Waals surface area contributed by atoms with E-state index in [1.807, 2.05) is 6.07 Å². The van der Waals surface area contributed by atoms with E-state index in [9.17, 15) is 14.0 Å². The summed E-state index contributed by atoms with van der Waals surface area (Å²) in [6.07, 6.45) is 0. The lowest BCUT2D eigenvalue weighted by Crippen LogP contribution is -2.51. The molecule has 0 aromatic heterocycles. The average Bonchev–Trinajstić information content (AvgIpc) is 2.99. The molecule has 2 aromatic rings. The van der Waals surface area contributed by atoms with E-state index < -0.39 is 11.6 Å². The van der Waals surface area contributed by atoms with Crippen molar-refractivity contribution in [2.75, 3.05) is 44.9 Å². The third-order valence-electron chi connectivity index (χ3n) is 5.83. The maximum absolute atomic E-state index is 13.2. The highest BCUT2D eigenvalue weighted by Gasteiger charge is 2.49. The van der Waals surface area contributed by atoms with Crippen molar-refractivity contribution in [3.05, 3.63) is 59.9 Å². The molecule has 0 saturated carbocycles. The molecule has 2 aromatic carbocycles. The first-order chi connectivity index (χ1) is 14.4. The van der Waals surface area contributed by atoms with Gasteiger partial charge in [0.2, 0.25) is 0 Å². The van der Waals surface area contributed by atoms with Crippen LogP contribution in [0.1, 0.15) is 12.5 Å². The number of nitrogens with zero attached hydrogens (tertiary/aromatic N) is 3.